The Labute approximate surface area is 263 Å². The molecular formula is C35H43IO6. The van der Waals surface area contributed by atoms with Gasteiger partial charge in [0, 0.05) is 10.7 Å². The Bertz CT molecular complexity index is 1240. The van der Waals surface area contributed by atoms with Crippen molar-refractivity contribution in [1.29, 1.82) is 0 Å². The number of esters is 2. The molecule has 42 heavy (non-hydrogen) atoms. The summed E-state index contributed by atoms with van der Waals surface area (Å²) in [6.07, 6.45) is 11.1. The van der Waals surface area contributed by atoms with Gasteiger partial charge in [0.2, 0.25) is 0 Å². The Hall–Kier alpha value is -2.49. The van der Waals surface area contributed by atoms with E-state index in [-0.39, 0.29) is 31.0 Å². The van der Waals surface area contributed by atoms with Crippen LogP contribution in [0.3, 0.4) is 0 Å². The quantitative estimate of drug-likeness (QED) is 0.135. The lowest BCUT2D eigenvalue weighted by Crippen LogP contribution is -2.22. The predicted octanol–water partition coefficient (Wildman–Crippen LogP) is 7.34. The SMILES string of the molecule is C=C(CO)C(=O)OCC(COC(=O)C(=C)COC)c1ccc(-c2ccc(C3CCC(C4CCCC4)CC3)cc2)c(I)c1. The highest BCUT2D eigenvalue weighted by Crippen LogP contribution is 2.44. The van der Waals surface area contributed by atoms with Gasteiger partial charge in [0.1, 0.15) is 13.2 Å². The van der Waals surface area contributed by atoms with Gasteiger partial charge >= 0.3 is 11.9 Å². The number of halogens is 1. The third-order valence-corrected chi connectivity index (χ3v) is 9.81. The Balaban J connectivity index is 1.42. The van der Waals surface area contributed by atoms with Crippen molar-refractivity contribution < 1.29 is 28.9 Å². The van der Waals surface area contributed by atoms with Crippen molar-refractivity contribution in [2.24, 2.45) is 11.8 Å². The zero-order chi connectivity index (χ0) is 30.1. The Morgan fingerprint density at radius 3 is 2.05 bits per heavy atom. The van der Waals surface area contributed by atoms with Crippen LogP contribution in [0.1, 0.15) is 74.3 Å². The predicted molar refractivity (Wildman–Crippen MR) is 173 cm³/mol. The van der Waals surface area contributed by atoms with E-state index in [9.17, 15) is 14.7 Å². The van der Waals surface area contributed by atoms with Gasteiger partial charge in [-0.3, -0.25) is 0 Å². The molecule has 0 aromatic heterocycles. The molecule has 2 saturated carbocycles. The summed E-state index contributed by atoms with van der Waals surface area (Å²) >= 11 is 2.32. The standard InChI is InChI=1S/C35H43IO6/c1-23(19-37)34(38)41-21-31(22-42-35(39)24(2)20-40-3)30-16-17-32(33(36)18-30)29-14-12-28(13-15-29)27-10-8-26(9-11-27)25-6-4-5-7-25/h12-18,25-27,31,37H,1-2,4-11,19-22H2,3H3. The first-order valence-corrected chi connectivity index (χ1v) is 16.1. The highest BCUT2D eigenvalue weighted by atomic mass is 127. The van der Waals surface area contributed by atoms with Crippen LogP contribution in [0.2, 0.25) is 0 Å². The minimum atomic E-state index is -0.684. The summed E-state index contributed by atoms with van der Waals surface area (Å²) in [5.74, 6) is 0.918. The van der Waals surface area contributed by atoms with Crippen molar-refractivity contribution in [3.05, 3.63) is 81.5 Å². The molecule has 1 N–H and O–H groups in total. The molecular weight excluding hydrogens is 643 g/mol. The fourth-order valence-electron chi connectivity index (χ4n) is 6.40. The van der Waals surface area contributed by atoms with Gasteiger partial charge in [-0.15, -0.1) is 0 Å². The minimum absolute atomic E-state index is 0.00638. The summed E-state index contributed by atoms with van der Waals surface area (Å²) in [4.78, 5) is 24.5. The zero-order valence-corrected chi connectivity index (χ0v) is 26.8. The van der Waals surface area contributed by atoms with Crippen LogP contribution in [0.25, 0.3) is 11.1 Å². The second-order valence-electron chi connectivity index (χ2n) is 11.7. The highest BCUT2D eigenvalue weighted by molar-refractivity contribution is 14.1. The van der Waals surface area contributed by atoms with E-state index in [1.165, 1.54) is 64.0 Å². The van der Waals surface area contributed by atoms with E-state index in [0.717, 1.165) is 32.1 Å². The van der Waals surface area contributed by atoms with Gasteiger partial charge in [-0.2, -0.15) is 0 Å². The zero-order valence-electron chi connectivity index (χ0n) is 24.6. The summed E-state index contributed by atoms with van der Waals surface area (Å²) < 4.78 is 16.9. The third kappa shape index (κ3) is 8.54. The smallest absolute Gasteiger partial charge is 0.335 e. The maximum Gasteiger partial charge on any atom is 0.335 e. The normalized spacial score (nSPS) is 19.7. The Morgan fingerprint density at radius 2 is 1.48 bits per heavy atom. The number of benzene rings is 2. The maximum atomic E-state index is 12.3. The fourth-order valence-corrected chi connectivity index (χ4v) is 7.25. The number of ether oxygens (including phenoxy) is 3. The molecule has 4 rings (SSSR count). The number of carbonyl (C=O) groups is 2. The number of hydrogen-bond acceptors (Lipinski definition) is 6. The lowest BCUT2D eigenvalue weighted by molar-refractivity contribution is -0.143. The van der Waals surface area contributed by atoms with Gasteiger partial charge in [-0.1, -0.05) is 75.2 Å². The topological polar surface area (TPSA) is 82.1 Å². The van der Waals surface area contributed by atoms with E-state index in [0.29, 0.717) is 5.92 Å². The van der Waals surface area contributed by atoms with E-state index < -0.39 is 24.5 Å². The molecule has 226 valence electrons. The number of hydrogen-bond donors (Lipinski definition) is 1. The number of aliphatic hydroxyl groups is 1. The van der Waals surface area contributed by atoms with Crippen molar-refractivity contribution in [3.8, 4) is 11.1 Å². The van der Waals surface area contributed by atoms with Crippen molar-refractivity contribution in [2.45, 2.75) is 63.2 Å². The summed E-state index contributed by atoms with van der Waals surface area (Å²) in [6, 6.07) is 15.1. The molecule has 1 atom stereocenters. The van der Waals surface area contributed by atoms with E-state index in [2.05, 4.69) is 66.1 Å². The van der Waals surface area contributed by atoms with Crippen LogP contribution < -0.4 is 0 Å². The molecule has 0 aliphatic heterocycles. The van der Waals surface area contributed by atoms with Crippen molar-refractivity contribution in [3.63, 3.8) is 0 Å². The van der Waals surface area contributed by atoms with Crippen LogP contribution in [0, 0.1) is 15.4 Å². The lowest BCUT2D eigenvalue weighted by Gasteiger charge is -2.32. The second kappa shape index (κ2) is 15.8. The minimum Gasteiger partial charge on any atom is -0.461 e. The van der Waals surface area contributed by atoms with Gasteiger partial charge in [-0.05, 0) is 94.3 Å². The largest absolute Gasteiger partial charge is 0.461 e. The number of carbonyl (C=O) groups excluding carboxylic acids is 2. The van der Waals surface area contributed by atoms with Gasteiger partial charge in [0.05, 0.1) is 30.3 Å². The molecule has 7 heteroatoms. The van der Waals surface area contributed by atoms with Gasteiger partial charge in [0.25, 0.3) is 0 Å². The van der Waals surface area contributed by atoms with E-state index >= 15 is 0 Å². The van der Waals surface area contributed by atoms with Gasteiger partial charge < -0.3 is 19.3 Å². The molecule has 2 aromatic rings. The van der Waals surface area contributed by atoms with Crippen molar-refractivity contribution >= 4 is 34.5 Å². The molecule has 2 aromatic carbocycles. The van der Waals surface area contributed by atoms with Crippen LogP contribution in [0.5, 0.6) is 0 Å². The second-order valence-corrected chi connectivity index (χ2v) is 12.9. The van der Waals surface area contributed by atoms with E-state index in [1.807, 2.05) is 12.1 Å². The Morgan fingerprint density at radius 1 is 0.881 bits per heavy atom. The van der Waals surface area contributed by atoms with Crippen LogP contribution in [-0.4, -0.2) is 50.6 Å². The summed E-state index contributed by atoms with van der Waals surface area (Å²) in [5, 5.41) is 9.20. The number of methoxy groups -OCH3 is 1. The van der Waals surface area contributed by atoms with Crippen LogP contribution in [0.4, 0.5) is 0 Å². The number of rotatable bonds is 13. The molecule has 0 radical (unpaired) electrons. The molecule has 0 amide bonds. The molecule has 2 aliphatic carbocycles. The third-order valence-electron chi connectivity index (χ3n) is 8.91. The number of aliphatic hydroxyl groups excluding tert-OH is 1. The van der Waals surface area contributed by atoms with E-state index in [1.54, 1.807) is 0 Å². The average Bonchev–Trinajstić information content (AvgIpc) is 3.56. The van der Waals surface area contributed by atoms with Crippen molar-refractivity contribution in [1.82, 2.24) is 0 Å². The first-order chi connectivity index (χ1) is 20.3. The molecule has 2 fully saturated rings. The Kier molecular flexibility index (Phi) is 12.2. The first kappa shape index (κ1) is 32.4. The van der Waals surface area contributed by atoms with Crippen LogP contribution in [-0.2, 0) is 23.8 Å². The molecule has 6 nitrogen and oxygen atoms in total. The van der Waals surface area contributed by atoms with Crippen LogP contribution >= 0.6 is 22.6 Å². The molecule has 0 bridgehead atoms. The molecule has 1 unspecified atom stereocenters. The van der Waals surface area contributed by atoms with E-state index in [4.69, 9.17) is 14.2 Å². The van der Waals surface area contributed by atoms with Crippen LogP contribution in [0.15, 0.2) is 66.8 Å². The summed E-state index contributed by atoms with van der Waals surface area (Å²) in [6.45, 7) is 6.76. The van der Waals surface area contributed by atoms with Gasteiger partial charge in [0.15, 0.2) is 0 Å². The average molecular weight is 687 g/mol. The molecule has 2 aliphatic rings. The summed E-state index contributed by atoms with van der Waals surface area (Å²) in [7, 11) is 1.48. The molecule has 0 saturated heterocycles. The first-order valence-electron chi connectivity index (χ1n) is 15.0. The fraction of sp³-hybridized carbons (Fsp3) is 0.486. The molecule has 0 heterocycles. The monoisotopic (exact) mass is 686 g/mol. The van der Waals surface area contributed by atoms with Crippen molar-refractivity contribution in [2.75, 3.05) is 33.5 Å². The van der Waals surface area contributed by atoms with Gasteiger partial charge in [-0.25, -0.2) is 9.59 Å². The summed E-state index contributed by atoms with van der Waals surface area (Å²) in [5.41, 5.74) is 4.75. The maximum absolute atomic E-state index is 12.3. The highest BCUT2D eigenvalue weighted by Gasteiger charge is 2.30. The lowest BCUT2D eigenvalue weighted by atomic mass is 9.73. The molecule has 0 spiro atoms.